The van der Waals surface area contributed by atoms with E-state index in [1.165, 1.54) is 11.0 Å². The number of benzene rings is 2. The molecule has 0 radical (unpaired) electrons. The zero-order valence-corrected chi connectivity index (χ0v) is 21.4. The Hall–Kier alpha value is -2.87. The Kier molecular flexibility index (Phi) is 8.11. The molecular weight excluding hydrogens is 509 g/mol. The van der Waals surface area contributed by atoms with Crippen molar-refractivity contribution in [3.05, 3.63) is 75.2 Å². The van der Waals surface area contributed by atoms with Gasteiger partial charge < -0.3 is 14.7 Å². The van der Waals surface area contributed by atoms with Crippen molar-refractivity contribution in [2.75, 3.05) is 44.2 Å². The molecule has 7 nitrogen and oxygen atoms in total. The molecule has 2 aromatic carbocycles. The van der Waals surface area contributed by atoms with Crippen LogP contribution in [0.15, 0.2) is 54.6 Å². The largest absolute Gasteiger partial charge is 0.352 e. The summed E-state index contributed by atoms with van der Waals surface area (Å²) in [6.07, 6.45) is 0. The monoisotopic (exact) mass is 531 g/mol. The standard InChI is InChI=1S/C25H24Cl3N5O2/c1-2-31(25(35)19-8-7-17(26)15-21(19)28)16-24(34)33-13-11-32(12-14-33)23-10-9-22(29-30-23)18-5-3-4-6-20(18)27/h3-10,15H,2,11-14,16H2,1H3. The van der Waals surface area contributed by atoms with E-state index in [9.17, 15) is 9.59 Å². The van der Waals surface area contributed by atoms with Gasteiger partial charge in [0.25, 0.3) is 5.91 Å². The summed E-state index contributed by atoms with van der Waals surface area (Å²) in [5.74, 6) is 0.343. The summed E-state index contributed by atoms with van der Waals surface area (Å²) in [5, 5.41) is 10.0. The number of carbonyl (C=O) groups excluding carboxylic acids is 2. The second kappa shape index (κ2) is 11.2. The van der Waals surface area contributed by atoms with Gasteiger partial charge in [0.05, 0.1) is 21.3 Å². The molecule has 35 heavy (non-hydrogen) atoms. The molecular formula is C25H24Cl3N5O2. The van der Waals surface area contributed by atoms with Crippen LogP contribution in [0.2, 0.25) is 15.1 Å². The Morgan fingerprint density at radius 3 is 2.29 bits per heavy atom. The van der Waals surface area contributed by atoms with E-state index in [2.05, 4.69) is 15.1 Å². The average Bonchev–Trinajstić information content (AvgIpc) is 2.87. The van der Waals surface area contributed by atoms with E-state index in [-0.39, 0.29) is 23.4 Å². The van der Waals surface area contributed by atoms with Gasteiger partial charge >= 0.3 is 0 Å². The molecule has 0 N–H and O–H groups in total. The maximum atomic E-state index is 12.9. The third-order valence-corrected chi connectivity index (χ3v) is 6.79. The van der Waals surface area contributed by atoms with Crippen LogP contribution in [0.5, 0.6) is 0 Å². The van der Waals surface area contributed by atoms with Crippen molar-refractivity contribution < 1.29 is 9.59 Å². The zero-order chi connectivity index (χ0) is 24.9. The Morgan fingerprint density at radius 1 is 0.914 bits per heavy atom. The highest BCUT2D eigenvalue weighted by Gasteiger charge is 2.26. The van der Waals surface area contributed by atoms with E-state index in [4.69, 9.17) is 34.8 Å². The summed E-state index contributed by atoms with van der Waals surface area (Å²) in [6.45, 7) is 4.50. The molecule has 1 saturated heterocycles. The predicted molar refractivity (Wildman–Crippen MR) is 139 cm³/mol. The van der Waals surface area contributed by atoms with Crippen molar-refractivity contribution in [2.24, 2.45) is 0 Å². The van der Waals surface area contributed by atoms with Gasteiger partial charge in [-0.15, -0.1) is 10.2 Å². The maximum absolute atomic E-state index is 12.9. The summed E-state index contributed by atoms with van der Waals surface area (Å²) < 4.78 is 0. The molecule has 0 spiro atoms. The molecule has 1 aromatic heterocycles. The quantitative estimate of drug-likeness (QED) is 0.451. The topological polar surface area (TPSA) is 69.6 Å². The van der Waals surface area contributed by atoms with Gasteiger partial charge in [-0.3, -0.25) is 9.59 Å². The van der Waals surface area contributed by atoms with Gasteiger partial charge in [-0.2, -0.15) is 0 Å². The molecule has 0 aliphatic carbocycles. The van der Waals surface area contributed by atoms with Gasteiger partial charge in [0.2, 0.25) is 5.91 Å². The predicted octanol–water partition coefficient (Wildman–Crippen LogP) is 4.91. The van der Waals surface area contributed by atoms with Crippen molar-refractivity contribution in [1.29, 1.82) is 0 Å². The normalized spacial score (nSPS) is 13.6. The number of halogens is 3. The summed E-state index contributed by atoms with van der Waals surface area (Å²) in [4.78, 5) is 31.2. The molecule has 2 amide bonds. The molecule has 0 bridgehead atoms. The number of nitrogens with zero attached hydrogens (tertiary/aromatic N) is 5. The van der Waals surface area contributed by atoms with Crippen LogP contribution in [0.25, 0.3) is 11.3 Å². The molecule has 0 saturated carbocycles. The minimum Gasteiger partial charge on any atom is -0.352 e. The lowest BCUT2D eigenvalue weighted by atomic mass is 10.1. The fraction of sp³-hybridized carbons (Fsp3) is 0.280. The number of amides is 2. The van der Waals surface area contributed by atoms with Crippen molar-refractivity contribution in [1.82, 2.24) is 20.0 Å². The Morgan fingerprint density at radius 2 is 1.66 bits per heavy atom. The number of hydrogen-bond acceptors (Lipinski definition) is 5. The van der Waals surface area contributed by atoms with Gasteiger partial charge in [0, 0.05) is 43.3 Å². The highest BCUT2D eigenvalue weighted by atomic mass is 35.5. The number of piperazine rings is 1. The van der Waals surface area contributed by atoms with Crippen LogP contribution in [-0.2, 0) is 4.79 Å². The first-order valence-electron chi connectivity index (χ1n) is 11.2. The Labute approximate surface area is 219 Å². The molecule has 3 aromatic rings. The molecule has 1 aliphatic rings. The van der Waals surface area contributed by atoms with Crippen LogP contribution in [0, 0.1) is 0 Å². The third kappa shape index (κ3) is 5.86. The molecule has 10 heteroatoms. The van der Waals surface area contributed by atoms with Gasteiger partial charge in [0.1, 0.15) is 6.54 Å². The second-order valence-electron chi connectivity index (χ2n) is 8.07. The lowest BCUT2D eigenvalue weighted by molar-refractivity contribution is -0.132. The molecule has 0 atom stereocenters. The first-order valence-corrected chi connectivity index (χ1v) is 12.4. The molecule has 2 heterocycles. The van der Waals surface area contributed by atoms with E-state index < -0.39 is 0 Å². The third-order valence-electron chi connectivity index (χ3n) is 5.91. The van der Waals surface area contributed by atoms with Gasteiger partial charge in [0.15, 0.2) is 5.82 Å². The molecule has 4 rings (SSSR count). The smallest absolute Gasteiger partial charge is 0.255 e. The zero-order valence-electron chi connectivity index (χ0n) is 19.1. The van der Waals surface area contributed by atoms with E-state index in [1.807, 2.05) is 43.3 Å². The van der Waals surface area contributed by atoms with Crippen LogP contribution in [-0.4, -0.2) is 71.1 Å². The first-order chi connectivity index (χ1) is 16.9. The van der Waals surface area contributed by atoms with Crippen LogP contribution >= 0.6 is 34.8 Å². The van der Waals surface area contributed by atoms with Gasteiger partial charge in [-0.1, -0.05) is 53.0 Å². The number of likely N-dealkylation sites (N-methyl/N-ethyl adjacent to an activating group) is 1. The lowest BCUT2D eigenvalue weighted by Gasteiger charge is -2.36. The minimum atomic E-state index is -0.296. The van der Waals surface area contributed by atoms with Crippen molar-refractivity contribution in [3.8, 4) is 11.3 Å². The number of rotatable bonds is 6. The van der Waals surface area contributed by atoms with Crippen molar-refractivity contribution in [2.45, 2.75) is 6.92 Å². The molecule has 182 valence electrons. The number of aromatic nitrogens is 2. The summed E-state index contributed by atoms with van der Waals surface area (Å²) in [6, 6.07) is 16.0. The summed E-state index contributed by atoms with van der Waals surface area (Å²) in [5.41, 5.74) is 1.87. The Balaban J connectivity index is 1.34. The highest BCUT2D eigenvalue weighted by molar-refractivity contribution is 6.36. The van der Waals surface area contributed by atoms with Crippen LogP contribution in [0.3, 0.4) is 0 Å². The fourth-order valence-electron chi connectivity index (χ4n) is 3.92. The molecule has 1 fully saturated rings. The fourth-order valence-corrected chi connectivity index (χ4v) is 4.64. The summed E-state index contributed by atoms with van der Waals surface area (Å²) in [7, 11) is 0. The first kappa shape index (κ1) is 25.2. The summed E-state index contributed by atoms with van der Waals surface area (Å²) >= 11 is 18.4. The minimum absolute atomic E-state index is 0.0133. The van der Waals surface area contributed by atoms with Gasteiger partial charge in [-0.25, -0.2) is 0 Å². The SMILES string of the molecule is CCN(CC(=O)N1CCN(c2ccc(-c3ccccc3Cl)nn2)CC1)C(=O)c1ccc(Cl)cc1Cl. The number of carbonyl (C=O) groups is 2. The van der Waals surface area contributed by atoms with Crippen LogP contribution in [0.4, 0.5) is 5.82 Å². The van der Waals surface area contributed by atoms with E-state index >= 15 is 0 Å². The van der Waals surface area contributed by atoms with Crippen LogP contribution < -0.4 is 4.90 Å². The lowest BCUT2D eigenvalue weighted by Crippen LogP contribution is -2.52. The Bertz CT molecular complexity index is 1210. The van der Waals surface area contributed by atoms with Crippen LogP contribution in [0.1, 0.15) is 17.3 Å². The van der Waals surface area contributed by atoms with Crippen molar-refractivity contribution >= 4 is 52.4 Å². The van der Waals surface area contributed by atoms with E-state index in [0.29, 0.717) is 54.0 Å². The second-order valence-corrected chi connectivity index (χ2v) is 9.32. The number of anilines is 1. The average molecular weight is 533 g/mol. The molecule has 0 unspecified atom stereocenters. The van der Waals surface area contributed by atoms with E-state index in [0.717, 1.165) is 11.4 Å². The maximum Gasteiger partial charge on any atom is 0.255 e. The highest BCUT2D eigenvalue weighted by Crippen LogP contribution is 2.26. The van der Waals surface area contributed by atoms with E-state index in [1.54, 1.807) is 17.0 Å². The number of hydrogen-bond donors (Lipinski definition) is 0. The molecule has 1 aliphatic heterocycles. The van der Waals surface area contributed by atoms with Crippen molar-refractivity contribution in [3.63, 3.8) is 0 Å². The van der Waals surface area contributed by atoms with Gasteiger partial charge in [-0.05, 0) is 43.3 Å².